The standard InChI is InChI=1S/C11H12N2.C2H6/c1-4-10(8-12-3)11-5-6-13-7-9(11)2;1-2/h4-8H,1,3H2,2H3;1-2H3/b10-8+;. The Morgan fingerprint density at radius 1 is 1.47 bits per heavy atom. The fraction of sp³-hybridized carbons (Fsp3) is 0.231. The molecular formula is C13H18N2. The van der Waals surface area contributed by atoms with Gasteiger partial charge < -0.3 is 0 Å². The molecule has 0 bridgehead atoms. The molecule has 0 atom stereocenters. The molecule has 1 aromatic rings. The Bertz CT molecular complexity index is 351. The van der Waals surface area contributed by atoms with Gasteiger partial charge in [-0.05, 0) is 36.4 Å². The Morgan fingerprint density at radius 2 is 2.13 bits per heavy atom. The minimum atomic E-state index is 0.968. The van der Waals surface area contributed by atoms with E-state index >= 15 is 0 Å². The van der Waals surface area contributed by atoms with Crippen molar-refractivity contribution in [1.29, 1.82) is 0 Å². The highest BCUT2D eigenvalue weighted by Gasteiger charge is 1.99. The van der Waals surface area contributed by atoms with Crippen LogP contribution in [0.25, 0.3) is 5.57 Å². The molecule has 1 aromatic heterocycles. The molecule has 2 heteroatoms. The van der Waals surface area contributed by atoms with E-state index < -0.39 is 0 Å². The summed E-state index contributed by atoms with van der Waals surface area (Å²) in [5.74, 6) is 0. The van der Waals surface area contributed by atoms with Gasteiger partial charge in [-0.3, -0.25) is 9.98 Å². The van der Waals surface area contributed by atoms with Crippen molar-refractivity contribution in [2.24, 2.45) is 4.99 Å². The number of hydrogen-bond donors (Lipinski definition) is 0. The lowest BCUT2D eigenvalue weighted by atomic mass is 10.0. The van der Waals surface area contributed by atoms with Gasteiger partial charge >= 0.3 is 0 Å². The lowest BCUT2D eigenvalue weighted by molar-refractivity contribution is 1.25. The van der Waals surface area contributed by atoms with Crippen LogP contribution in [-0.2, 0) is 0 Å². The molecule has 0 saturated carbocycles. The summed E-state index contributed by atoms with van der Waals surface area (Å²) >= 11 is 0. The summed E-state index contributed by atoms with van der Waals surface area (Å²) in [6, 6.07) is 1.94. The van der Waals surface area contributed by atoms with E-state index in [1.54, 1.807) is 18.5 Å². The van der Waals surface area contributed by atoms with E-state index in [1.165, 1.54) is 0 Å². The lowest BCUT2D eigenvalue weighted by Crippen LogP contribution is -1.86. The molecule has 0 aliphatic carbocycles. The number of hydrogen-bond acceptors (Lipinski definition) is 2. The van der Waals surface area contributed by atoms with Crippen molar-refractivity contribution in [3.63, 3.8) is 0 Å². The first kappa shape index (κ1) is 13.3. The van der Waals surface area contributed by atoms with Crippen LogP contribution in [0.15, 0.2) is 42.3 Å². The molecule has 15 heavy (non-hydrogen) atoms. The first-order valence-electron chi connectivity index (χ1n) is 4.99. The molecule has 0 spiro atoms. The largest absolute Gasteiger partial charge is 0.272 e. The minimum absolute atomic E-state index is 0.968. The SMILES string of the molecule is C=C/C(=C\N=C)c1ccncc1C.CC. The zero-order chi connectivity index (χ0) is 11.7. The number of pyridine rings is 1. The molecule has 2 nitrogen and oxygen atoms in total. The summed E-state index contributed by atoms with van der Waals surface area (Å²) in [5.41, 5.74) is 3.17. The third-order valence-corrected chi connectivity index (χ3v) is 1.78. The summed E-state index contributed by atoms with van der Waals surface area (Å²) in [6.07, 6.45) is 7.02. The minimum Gasteiger partial charge on any atom is -0.272 e. The fourth-order valence-corrected chi connectivity index (χ4v) is 1.13. The molecule has 0 aliphatic rings. The van der Waals surface area contributed by atoms with E-state index in [-0.39, 0.29) is 0 Å². The van der Waals surface area contributed by atoms with E-state index in [9.17, 15) is 0 Å². The van der Waals surface area contributed by atoms with E-state index in [0.29, 0.717) is 0 Å². The highest BCUT2D eigenvalue weighted by molar-refractivity contribution is 5.75. The zero-order valence-electron chi connectivity index (χ0n) is 9.70. The molecular weight excluding hydrogens is 184 g/mol. The third-order valence-electron chi connectivity index (χ3n) is 1.78. The molecule has 1 rings (SSSR count). The van der Waals surface area contributed by atoms with Crippen LogP contribution in [0.5, 0.6) is 0 Å². The van der Waals surface area contributed by atoms with Gasteiger partial charge in [0.15, 0.2) is 0 Å². The average molecular weight is 202 g/mol. The molecule has 0 amide bonds. The number of allylic oxidation sites excluding steroid dienone is 2. The second-order valence-electron chi connectivity index (χ2n) is 2.66. The van der Waals surface area contributed by atoms with Gasteiger partial charge in [-0.15, -0.1) is 0 Å². The van der Waals surface area contributed by atoms with Crippen molar-refractivity contribution < 1.29 is 0 Å². The highest BCUT2D eigenvalue weighted by Crippen LogP contribution is 2.18. The molecule has 80 valence electrons. The van der Waals surface area contributed by atoms with Crippen LogP contribution in [0, 0.1) is 6.92 Å². The summed E-state index contributed by atoms with van der Waals surface area (Å²) < 4.78 is 0. The van der Waals surface area contributed by atoms with E-state index in [1.807, 2.05) is 33.0 Å². The molecule has 0 fully saturated rings. The van der Waals surface area contributed by atoms with Gasteiger partial charge in [0.1, 0.15) is 0 Å². The smallest absolute Gasteiger partial charge is 0.0338 e. The average Bonchev–Trinajstić information content (AvgIpc) is 2.30. The predicted octanol–water partition coefficient (Wildman–Crippen LogP) is 3.64. The summed E-state index contributed by atoms with van der Waals surface area (Å²) in [5, 5.41) is 0. The number of aryl methyl sites for hydroxylation is 1. The van der Waals surface area contributed by atoms with Gasteiger partial charge in [-0.2, -0.15) is 0 Å². The quantitative estimate of drug-likeness (QED) is 0.542. The normalized spacial score (nSPS) is 9.93. The van der Waals surface area contributed by atoms with Crippen LogP contribution in [0.3, 0.4) is 0 Å². The highest BCUT2D eigenvalue weighted by atomic mass is 14.6. The maximum Gasteiger partial charge on any atom is 0.0338 e. The maximum atomic E-state index is 4.01. The number of rotatable bonds is 3. The Hall–Kier alpha value is -1.70. The van der Waals surface area contributed by atoms with Gasteiger partial charge in [-0.1, -0.05) is 26.5 Å². The first-order chi connectivity index (χ1) is 7.29. The van der Waals surface area contributed by atoms with Gasteiger partial charge in [0.05, 0.1) is 0 Å². The molecule has 0 unspecified atom stereocenters. The third kappa shape index (κ3) is 3.90. The van der Waals surface area contributed by atoms with Gasteiger partial charge in [0.25, 0.3) is 0 Å². The van der Waals surface area contributed by atoms with Crippen LogP contribution in [0.2, 0.25) is 0 Å². The van der Waals surface area contributed by atoms with Crippen LogP contribution in [0.4, 0.5) is 0 Å². The molecule has 1 heterocycles. The number of aromatic nitrogens is 1. The topological polar surface area (TPSA) is 25.2 Å². The fourth-order valence-electron chi connectivity index (χ4n) is 1.13. The van der Waals surface area contributed by atoms with Crippen molar-refractivity contribution in [3.8, 4) is 0 Å². The Kier molecular flexibility index (Phi) is 6.81. The van der Waals surface area contributed by atoms with Crippen molar-refractivity contribution in [2.45, 2.75) is 20.8 Å². The second kappa shape index (κ2) is 7.68. The predicted molar refractivity (Wildman–Crippen MR) is 68.0 cm³/mol. The molecule has 0 aliphatic heterocycles. The number of aliphatic imine (C=N–C) groups is 1. The van der Waals surface area contributed by atoms with Crippen molar-refractivity contribution in [3.05, 3.63) is 48.4 Å². The number of nitrogens with zero attached hydrogens (tertiary/aromatic N) is 2. The second-order valence-corrected chi connectivity index (χ2v) is 2.66. The van der Waals surface area contributed by atoms with Crippen LogP contribution >= 0.6 is 0 Å². The molecule has 0 aromatic carbocycles. The Morgan fingerprint density at radius 3 is 2.60 bits per heavy atom. The summed E-state index contributed by atoms with van der Waals surface area (Å²) in [6.45, 7) is 13.1. The van der Waals surface area contributed by atoms with Crippen LogP contribution < -0.4 is 0 Å². The molecule has 0 saturated heterocycles. The Balaban J connectivity index is 0.000000921. The van der Waals surface area contributed by atoms with Gasteiger partial charge in [0, 0.05) is 18.6 Å². The van der Waals surface area contributed by atoms with Gasteiger partial charge in [-0.25, -0.2) is 0 Å². The van der Waals surface area contributed by atoms with Crippen LogP contribution in [0.1, 0.15) is 25.0 Å². The lowest BCUT2D eigenvalue weighted by Gasteiger charge is -2.03. The molecule has 0 radical (unpaired) electrons. The van der Waals surface area contributed by atoms with Crippen molar-refractivity contribution in [1.82, 2.24) is 4.98 Å². The monoisotopic (exact) mass is 202 g/mol. The summed E-state index contributed by atoms with van der Waals surface area (Å²) in [7, 11) is 0. The maximum absolute atomic E-state index is 4.01. The van der Waals surface area contributed by atoms with Crippen LogP contribution in [-0.4, -0.2) is 11.7 Å². The zero-order valence-corrected chi connectivity index (χ0v) is 9.70. The van der Waals surface area contributed by atoms with Crippen molar-refractivity contribution in [2.75, 3.05) is 0 Å². The van der Waals surface area contributed by atoms with Gasteiger partial charge in [0.2, 0.25) is 0 Å². The van der Waals surface area contributed by atoms with E-state index in [2.05, 4.69) is 23.3 Å². The van der Waals surface area contributed by atoms with E-state index in [0.717, 1.165) is 16.7 Å². The van der Waals surface area contributed by atoms with E-state index in [4.69, 9.17) is 0 Å². The van der Waals surface area contributed by atoms with Crippen molar-refractivity contribution >= 4 is 12.3 Å². The first-order valence-corrected chi connectivity index (χ1v) is 4.99. The Labute approximate surface area is 92.1 Å². The summed E-state index contributed by atoms with van der Waals surface area (Å²) in [4.78, 5) is 7.73. The molecule has 0 N–H and O–H groups in total.